The fourth-order valence-electron chi connectivity index (χ4n) is 4.04. The van der Waals surface area contributed by atoms with E-state index >= 15 is 0 Å². The van der Waals surface area contributed by atoms with Crippen molar-refractivity contribution in [1.29, 1.82) is 0 Å². The molecule has 1 aliphatic heterocycles. The average Bonchev–Trinajstić information content (AvgIpc) is 3.13. The Morgan fingerprint density at radius 1 is 1.10 bits per heavy atom. The van der Waals surface area contributed by atoms with E-state index in [-0.39, 0.29) is 12.4 Å². The molecule has 0 aliphatic carbocycles. The van der Waals surface area contributed by atoms with Crippen LogP contribution >= 0.6 is 0 Å². The number of aromatic amines is 1. The highest BCUT2D eigenvalue weighted by Gasteiger charge is 2.24. The first kappa shape index (κ1) is 18.0. The van der Waals surface area contributed by atoms with Crippen LogP contribution in [0.4, 0.5) is 10.1 Å². The van der Waals surface area contributed by atoms with Crippen LogP contribution in [-0.4, -0.2) is 69.3 Å². The summed E-state index contributed by atoms with van der Waals surface area (Å²) >= 11 is 0. The molecular formula is C21H21FN6O. The van der Waals surface area contributed by atoms with Crippen molar-refractivity contribution in [2.45, 2.75) is 0 Å². The lowest BCUT2D eigenvalue weighted by Crippen LogP contribution is -2.47. The Labute approximate surface area is 166 Å². The van der Waals surface area contributed by atoms with Crippen LogP contribution in [0.1, 0.15) is 0 Å². The lowest BCUT2D eigenvalue weighted by molar-refractivity contribution is 0.188. The van der Waals surface area contributed by atoms with Gasteiger partial charge < -0.3 is 15.0 Å². The number of anilines is 1. The van der Waals surface area contributed by atoms with Crippen LogP contribution in [0.5, 0.6) is 0 Å². The summed E-state index contributed by atoms with van der Waals surface area (Å²) < 4.78 is 15.0. The number of rotatable bonds is 4. The molecule has 0 spiro atoms. The second kappa shape index (κ2) is 7.38. The van der Waals surface area contributed by atoms with Crippen LogP contribution in [-0.2, 0) is 0 Å². The number of aromatic nitrogens is 4. The molecule has 2 N–H and O–H groups in total. The van der Waals surface area contributed by atoms with Gasteiger partial charge in [0.15, 0.2) is 5.82 Å². The second-order valence-corrected chi connectivity index (χ2v) is 7.21. The Hall–Kier alpha value is -3.10. The number of hydrogen-bond donors (Lipinski definition) is 2. The molecule has 4 aromatic rings. The summed E-state index contributed by atoms with van der Waals surface area (Å²) in [7, 11) is 0. The van der Waals surface area contributed by atoms with Crippen molar-refractivity contribution in [3.63, 3.8) is 0 Å². The van der Waals surface area contributed by atoms with Crippen LogP contribution in [0, 0.1) is 5.82 Å². The van der Waals surface area contributed by atoms with Gasteiger partial charge in [-0.1, -0.05) is 0 Å². The summed E-state index contributed by atoms with van der Waals surface area (Å²) in [6.07, 6.45) is 6.54. The van der Waals surface area contributed by atoms with Crippen molar-refractivity contribution in [2.24, 2.45) is 0 Å². The highest BCUT2D eigenvalue weighted by molar-refractivity contribution is 6.12. The van der Waals surface area contributed by atoms with E-state index in [0.29, 0.717) is 31.0 Å². The molecule has 1 saturated heterocycles. The number of nitrogens with one attached hydrogen (secondary N) is 1. The van der Waals surface area contributed by atoms with Crippen molar-refractivity contribution < 1.29 is 9.50 Å². The maximum Gasteiger partial charge on any atom is 0.165 e. The Kier molecular flexibility index (Phi) is 4.57. The number of hydrogen-bond acceptors (Lipinski definition) is 6. The van der Waals surface area contributed by atoms with E-state index < -0.39 is 0 Å². The highest BCUT2D eigenvalue weighted by Crippen LogP contribution is 2.36. The summed E-state index contributed by atoms with van der Waals surface area (Å²) in [5.41, 5.74) is 3.75. The maximum atomic E-state index is 15.0. The zero-order chi connectivity index (χ0) is 19.8. The predicted octanol–water partition coefficient (Wildman–Crippen LogP) is 2.43. The van der Waals surface area contributed by atoms with E-state index in [9.17, 15) is 4.39 Å². The van der Waals surface area contributed by atoms with Gasteiger partial charge in [0, 0.05) is 56.1 Å². The van der Waals surface area contributed by atoms with Crippen molar-refractivity contribution in [2.75, 3.05) is 44.2 Å². The lowest BCUT2D eigenvalue weighted by Gasteiger charge is -2.36. The number of H-pyrrole nitrogens is 1. The smallest absolute Gasteiger partial charge is 0.165 e. The minimum atomic E-state index is -0.325. The summed E-state index contributed by atoms with van der Waals surface area (Å²) in [6, 6.07) is 5.79. The van der Waals surface area contributed by atoms with Gasteiger partial charge in [-0.2, -0.15) is 0 Å². The Balaban J connectivity index is 1.63. The molecule has 148 valence electrons. The summed E-state index contributed by atoms with van der Waals surface area (Å²) in [4.78, 5) is 20.5. The number of nitrogens with zero attached hydrogens (tertiary/aromatic N) is 5. The van der Waals surface area contributed by atoms with E-state index in [1.54, 1.807) is 18.6 Å². The molecule has 1 aliphatic rings. The largest absolute Gasteiger partial charge is 0.395 e. The highest BCUT2D eigenvalue weighted by atomic mass is 19.1. The van der Waals surface area contributed by atoms with E-state index in [2.05, 4.69) is 29.7 Å². The van der Waals surface area contributed by atoms with Crippen molar-refractivity contribution >= 4 is 27.6 Å². The minimum absolute atomic E-state index is 0.139. The third-order valence-corrected chi connectivity index (χ3v) is 5.50. The fourth-order valence-corrected chi connectivity index (χ4v) is 4.04. The molecule has 4 aromatic heterocycles. The second-order valence-electron chi connectivity index (χ2n) is 7.21. The molecule has 1 fully saturated rings. The van der Waals surface area contributed by atoms with Gasteiger partial charge in [0.2, 0.25) is 0 Å². The van der Waals surface area contributed by atoms with Crippen LogP contribution in [0.3, 0.4) is 0 Å². The normalized spacial score (nSPS) is 15.4. The van der Waals surface area contributed by atoms with Crippen LogP contribution in [0.15, 0.2) is 43.0 Å². The quantitative estimate of drug-likeness (QED) is 0.555. The monoisotopic (exact) mass is 392 g/mol. The number of piperazine rings is 1. The molecule has 0 atom stereocenters. The maximum absolute atomic E-state index is 15.0. The number of fused-ring (bicyclic) bond motifs is 3. The first-order chi connectivity index (χ1) is 14.2. The standard InChI is InChI=1S/C21H21FN6O/c22-16-12-25-21-19(20(16)28-6-4-27(5-7-28)8-9-29)15-10-17(24-13-18(15)26-21)14-2-1-3-23-11-14/h1-3,10-13,29H,4-9H2,(H,25,26). The molecule has 0 unspecified atom stereocenters. The van der Waals surface area contributed by atoms with E-state index in [1.807, 2.05) is 18.2 Å². The van der Waals surface area contributed by atoms with Gasteiger partial charge in [0.25, 0.3) is 0 Å². The Bertz CT molecular complexity index is 1150. The summed E-state index contributed by atoms with van der Waals surface area (Å²) in [6.45, 7) is 3.76. The number of aliphatic hydroxyl groups is 1. The van der Waals surface area contributed by atoms with Gasteiger partial charge in [0.05, 0.1) is 41.3 Å². The van der Waals surface area contributed by atoms with Gasteiger partial charge in [-0.15, -0.1) is 0 Å². The molecule has 0 aromatic carbocycles. The van der Waals surface area contributed by atoms with Gasteiger partial charge >= 0.3 is 0 Å². The zero-order valence-corrected chi connectivity index (χ0v) is 15.8. The van der Waals surface area contributed by atoms with E-state index in [4.69, 9.17) is 5.11 Å². The first-order valence-electron chi connectivity index (χ1n) is 9.69. The van der Waals surface area contributed by atoms with Crippen molar-refractivity contribution in [1.82, 2.24) is 24.8 Å². The van der Waals surface area contributed by atoms with Crippen LogP contribution in [0.25, 0.3) is 33.2 Å². The Morgan fingerprint density at radius 2 is 1.97 bits per heavy atom. The minimum Gasteiger partial charge on any atom is -0.395 e. The molecule has 8 heteroatoms. The molecule has 5 rings (SSSR count). The van der Waals surface area contributed by atoms with Gasteiger partial charge in [-0.05, 0) is 18.2 Å². The topological polar surface area (TPSA) is 81.2 Å². The van der Waals surface area contributed by atoms with Crippen LogP contribution < -0.4 is 4.90 Å². The lowest BCUT2D eigenvalue weighted by atomic mass is 10.1. The van der Waals surface area contributed by atoms with Crippen molar-refractivity contribution in [3.05, 3.63) is 48.8 Å². The molecule has 5 heterocycles. The van der Waals surface area contributed by atoms with Gasteiger partial charge in [-0.25, -0.2) is 9.37 Å². The molecule has 0 amide bonds. The molecular weight excluding hydrogens is 371 g/mol. The molecule has 29 heavy (non-hydrogen) atoms. The van der Waals surface area contributed by atoms with Gasteiger partial charge in [-0.3, -0.25) is 14.9 Å². The predicted molar refractivity (Wildman–Crippen MR) is 110 cm³/mol. The van der Waals surface area contributed by atoms with Gasteiger partial charge in [0.1, 0.15) is 5.65 Å². The average molecular weight is 392 g/mol. The third-order valence-electron chi connectivity index (χ3n) is 5.50. The molecule has 0 radical (unpaired) electrons. The zero-order valence-electron chi connectivity index (χ0n) is 15.8. The first-order valence-corrected chi connectivity index (χ1v) is 9.69. The van der Waals surface area contributed by atoms with Crippen LogP contribution in [0.2, 0.25) is 0 Å². The Morgan fingerprint density at radius 3 is 2.72 bits per heavy atom. The molecule has 0 bridgehead atoms. The summed E-state index contributed by atoms with van der Waals surface area (Å²) in [5, 5.41) is 10.8. The molecule has 0 saturated carbocycles. The number of β-amino-alcohol motifs (C(OH)–C–C–N with tert-alkyl or cyclic N) is 1. The number of halogens is 1. The molecule has 7 nitrogen and oxygen atoms in total. The number of pyridine rings is 3. The van der Waals surface area contributed by atoms with E-state index in [1.165, 1.54) is 6.20 Å². The number of aliphatic hydroxyl groups excluding tert-OH is 1. The fraction of sp³-hybridized carbons (Fsp3) is 0.286. The summed E-state index contributed by atoms with van der Waals surface area (Å²) in [5.74, 6) is -0.325. The van der Waals surface area contributed by atoms with Crippen molar-refractivity contribution in [3.8, 4) is 11.3 Å². The SMILES string of the molecule is OCCN1CCN(c2c(F)cnc3[nH]c4cnc(-c5cccnc5)cc4c23)CC1. The third kappa shape index (κ3) is 3.20. The van der Waals surface area contributed by atoms with E-state index in [0.717, 1.165) is 40.6 Å².